The van der Waals surface area contributed by atoms with Gasteiger partial charge in [-0.25, -0.2) is 4.98 Å². The third kappa shape index (κ3) is 3.39. The van der Waals surface area contributed by atoms with Gasteiger partial charge in [0.05, 0.1) is 6.10 Å². The highest BCUT2D eigenvalue weighted by Gasteiger charge is 2.17. The average Bonchev–Trinajstić information content (AvgIpc) is 2.28. The Morgan fingerprint density at radius 2 is 2.31 bits per heavy atom. The summed E-state index contributed by atoms with van der Waals surface area (Å²) in [6.07, 6.45) is -0.409. The zero-order valence-corrected chi connectivity index (χ0v) is 8.56. The molecule has 0 aliphatic rings. The predicted molar refractivity (Wildman–Crippen MR) is 58.2 cm³/mol. The highest BCUT2D eigenvalue weighted by atomic mass is 16.3. The summed E-state index contributed by atoms with van der Waals surface area (Å²) in [5, 5.41) is 22.6. The van der Waals surface area contributed by atoms with Crippen LogP contribution in [0.3, 0.4) is 0 Å². The van der Waals surface area contributed by atoms with Gasteiger partial charge in [0.1, 0.15) is 11.9 Å². The summed E-state index contributed by atoms with van der Waals surface area (Å²) in [7, 11) is 0. The Balaban J connectivity index is 2.62. The van der Waals surface area contributed by atoms with Gasteiger partial charge in [-0.1, -0.05) is 5.11 Å². The topological polar surface area (TPSA) is 128 Å². The lowest BCUT2D eigenvalue weighted by molar-refractivity contribution is 0.0150. The van der Waals surface area contributed by atoms with Crippen LogP contribution in [-0.4, -0.2) is 27.8 Å². The SMILES string of the molecule is [N-]=[N+]=NCCC(O)C(O)c1ccnc(N)c1. The zero-order valence-electron chi connectivity index (χ0n) is 8.56. The molecular weight excluding hydrogens is 210 g/mol. The molecule has 2 unspecified atom stereocenters. The number of rotatable bonds is 5. The second kappa shape index (κ2) is 5.92. The fourth-order valence-corrected chi connectivity index (χ4v) is 1.26. The Morgan fingerprint density at radius 3 is 2.94 bits per heavy atom. The van der Waals surface area contributed by atoms with Crippen molar-refractivity contribution in [1.82, 2.24) is 4.98 Å². The zero-order chi connectivity index (χ0) is 12.0. The number of nitrogens with zero attached hydrogens (tertiary/aromatic N) is 4. The van der Waals surface area contributed by atoms with E-state index in [0.29, 0.717) is 5.56 Å². The van der Waals surface area contributed by atoms with Crippen molar-refractivity contribution in [2.45, 2.75) is 18.6 Å². The quantitative estimate of drug-likeness (QED) is 0.386. The molecule has 0 aliphatic heterocycles. The molecule has 1 rings (SSSR count). The lowest BCUT2D eigenvalue weighted by atomic mass is 10.0. The lowest BCUT2D eigenvalue weighted by Gasteiger charge is -2.17. The Labute approximate surface area is 92.2 Å². The van der Waals surface area contributed by atoms with Gasteiger partial charge >= 0.3 is 0 Å². The predicted octanol–water partition coefficient (Wildman–Crippen LogP) is 0.759. The molecule has 0 spiro atoms. The molecular formula is C9H13N5O2. The molecule has 0 aromatic carbocycles. The molecule has 1 aromatic rings. The fraction of sp³-hybridized carbons (Fsp3) is 0.444. The molecule has 7 heteroatoms. The third-order valence-corrected chi connectivity index (χ3v) is 2.10. The van der Waals surface area contributed by atoms with Gasteiger partial charge in [0.15, 0.2) is 0 Å². The first-order valence-electron chi connectivity index (χ1n) is 4.73. The number of aliphatic hydroxyl groups is 2. The van der Waals surface area contributed by atoms with Crippen LogP contribution >= 0.6 is 0 Å². The second-order valence-electron chi connectivity index (χ2n) is 3.27. The number of aliphatic hydroxyl groups excluding tert-OH is 2. The molecule has 0 amide bonds. The summed E-state index contributed by atoms with van der Waals surface area (Å²) in [5.41, 5.74) is 14.0. The van der Waals surface area contributed by atoms with Crippen molar-refractivity contribution in [1.29, 1.82) is 0 Å². The molecule has 0 aliphatic carbocycles. The van der Waals surface area contributed by atoms with E-state index >= 15 is 0 Å². The fourth-order valence-electron chi connectivity index (χ4n) is 1.26. The highest BCUT2D eigenvalue weighted by molar-refractivity contribution is 5.33. The molecule has 4 N–H and O–H groups in total. The maximum Gasteiger partial charge on any atom is 0.123 e. The first-order chi connectivity index (χ1) is 7.65. The first-order valence-corrected chi connectivity index (χ1v) is 4.73. The summed E-state index contributed by atoms with van der Waals surface area (Å²) in [6, 6.07) is 3.05. The van der Waals surface area contributed by atoms with E-state index in [1.165, 1.54) is 12.3 Å². The molecule has 1 aromatic heterocycles. The second-order valence-corrected chi connectivity index (χ2v) is 3.27. The Hall–Kier alpha value is -1.82. The minimum atomic E-state index is -1.06. The van der Waals surface area contributed by atoms with Gasteiger partial charge in [-0.3, -0.25) is 0 Å². The van der Waals surface area contributed by atoms with Crippen LogP contribution < -0.4 is 5.73 Å². The maximum atomic E-state index is 9.74. The number of hydrogen-bond donors (Lipinski definition) is 3. The molecule has 0 bridgehead atoms. The molecule has 0 fully saturated rings. The molecule has 7 nitrogen and oxygen atoms in total. The van der Waals surface area contributed by atoms with E-state index in [1.54, 1.807) is 6.07 Å². The van der Waals surface area contributed by atoms with Gasteiger partial charge in [-0.05, 0) is 29.6 Å². The van der Waals surface area contributed by atoms with Gasteiger partial charge in [0, 0.05) is 17.7 Å². The Morgan fingerprint density at radius 1 is 1.56 bits per heavy atom. The van der Waals surface area contributed by atoms with Crippen LogP contribution in [0.1, 0.15) is 18.1 Å². The summed E-state index contributed by atoms with van der Waals surface area (Å²) < 4.78 is 0. The van der Waals surface area contributed by atoms with Crippen LogP contribution in [0.15, 0.2) is 23.4 Å². The summed E-state index contributed by atoms with van der Waals surface area (Å²) >= 11 is 0. The number of anilines is 1. The summed E-state index contributed by atoms with van der Waals surface area (Å²) in [5.74, 6) is 0.277. The molecule has 0 radical (unpaired) electrons. The molecule has 1 heterocycles. The monoisotopic (exact) mass is 223 g/mol. The van der Waals surface area contributed by atoms with Gasteiger partial charge in [0.2, 0.25) is 0 Å². The van der Waals surface area contributed by atoms with E-state index in [0.717, 1.165) is 0 Å². The minimum Gasteiger partial charge on any atom is -0.390 e. The van der Waals surface area contributed by atoms with E-state index < -0.39 is 12.2 Å². The van der Waals surface area contributed by atoms with Crippen molar-refractivity contribution in [3.8, 4) is 0 Å². The van der Waals surface area contributed by atoms with Crippen LogP contribution in [-0.2, 0) is 0 Å². The van der Waals surface area contributed by atoms with Crippen LogP contribution in [0.5, 0.6) is 0 Å². The third-order valence-electron chi connectivity index (χ3n) is 2.10. The normalized spacial score (nSPS) is 13.9. The van der Waals surface area contributed by atoms with Crippen molar-refractivity contribution < 1.29 is 10.2 Å². The maximum absolute atomic E-state index is 9.74. The van der Waals surface area contributed by atoms with Crippen LogP contribution in [0, 0.1) is 0 Å². The van der Waals surface area contributed by atoms with Gasteiger partial charge in [0.25, 0.3) is 0 Å². The number of nitrogen functional groups attached to an aromatic ring is 1. The van der Waals surface area contributed by atoms with Crippen LogP contribution in [0.25, 0.3) is 10.4 Å². The number of hydrogen-bond acceptors (Lipinski definition) is 5. The van der Waals surface area contributed by atoms with Crippen molar-refractivity contribution in [2.75, 3.05) is 12.3 Å². The van der Waals surface area contributed by atoms with Gasteiger partial charge in [-0.15, -0.1) is 0 Å². The summed E-state index contributed by atoms with van der Waals surface area (Å²) in [6.45, 7) is 0.134. The van der Waals surface area contributed by atoms with Crippen molar-refractivity contribution in [2.24, 2.45) is 5.11 Å². The standard InChI is InChI=1S/C9H13N5O2/c10-8-5-6(1-3-12-8)9(16)7(15)2-4-13-14-11/h1,3,5,7,9,15-16H,2,4H2,(H2,10,12). The number of nitrogens with two attached hydrogens (primary N) is 1. The van der Waals surface area contributed by atoms with Crippen LogP contribution in [0.4, 0.5) is 5.82 Å². The number of pyridine rings is 1. The number of azide groups is 1. The molecule has 0 saturated carbocycles. The van der Waals surface area contributed by atoms with Gasteiger partial charge < -0.3 is 15.9 Å². The van der Waals surface area contributed by atoms with E-state index in [-0.39, 0.29) is 18.8 Å². The lowest BCUT2D eigenvalue weighted by Crippen LogP contribution is -2.19. The largest absolute Gasteiger partial charge is 0.390 e. The molecule has 16 heavy (non-hydrogen) atoms. The Kier molecular flexibility index (Phi) is 4.53. The van der Waals surface area contributed by atoms with E-state index in [2.05, 4.69) is 15.0 Å². The minimum absolute atomic E-state index is 0.134. The molecule has 2 atom stereocenters. The highest BCUT2D eigenvalue weighted by Crippen LogP contribution is 2.19. The first kappa shape index (κ1) is 12.3. The summed E-state index contributed by atoms with van der Waals surface area (Å²) in [4.78, 5) is 6.33. The van der Waals surface area contributed by atoms with E-state index in [9.17, 15) is 10.2 Å². The van der Waals surface area contributed by atoms with E-state index in [4.69, 9.17) is 11.3 Å². The molecule has 86 valence electrons. The smallest absolute Gasteiger partial charge is 0.123 e. The number of aromatic nitrogens is 1. The molecule has 0 saturated heterocycles. The average molecular weight is 223 g/mol. The van der Waals surface area contributed by atoms with Crippen molar-refractivity contribution >= 4 is 5.82 Å². The van der Waals surface area contributed by atoms with Crippen molar-refractivity contribution in [3.05, 3.63) is 34.3 Å². The Bertz CT molecular complexity index is 391. The van der Waals surface area contributed by atoms with Crippen LogP contribution in [0.2, 0.25) is 0 Å². The van der Waals surface area contributed by atoms with Crippen molar-refractivity contribution in [3.63, 3.8) is 0 Å². The van der Waals surface area contributed by atoms with Gasteiger partial charge in [-0.2, -0.15) is 0 Å². The van der Waals surface area contributed by atoms with E-state index in [1.807, 2.05) is 0 Å².